The van der Waals surface area contributed by atoms with Gasteiger partial charge in [-0.3, -0.25) is 0 Å². The molecule has 0 aliphatic heterocycles. The van der Waals surface area contributed by atoms with E-state index in [2.05, 4.69) is 26.8 Å². The lowest BCUT2D eigenvalue weighted by Gasteiger charge is -2.14. The van der Waals surface area contributed by atoms with Crippen molar-refractivity contribution in [2.45, 2.75) is 39.2 Å². The topological polar surface area (TPSA) is 26.0 Å². The van der Waals surface area contributed by atoms with Crippen molar-refractivity contribution in [3.8, 4) is 0 Å². The molecule has 0 radical (unpaired) electrons. The molecule has 2 aliphatic rings. The van der Waals surface area contributed by atoms with Gasteiger partial charge in [0.2, 0.25) is 0 Å². The Balaban J connectivity index is 2.34. The van der Waals surface area contributed by atoms with E-state index in [1.54, 1.807) is 0 Å². The molecule has 1 nitrogen and oxygen atoms in total. The molecule has 11 heavy (non-hydrogen) atoms. The van der Waals surface area contributed by atoms with Gasteiger partial charge in [0.05, 0.1) is 0 Å². The fourth-order valence-electron chi connectivity index (χ4n) is 2.68. The lowest BCUT2D eigenvalue weighted by molar-refractivity contribution is 0.528. The van der Waals surface area contributed by atoms with E-state index < -0.39 is 0 Å². The Morgan fingerprint density at radius 2 is 2.18 bits per heavy atom. The van der Waals surface area contributed by atoms with Crippen molar-refractivity contribution < 1.29 is 0 Å². The number of hydrogen-bond donors (Lipinski definition) is 1. The van der Waals surface area contributed by atoms with Gasteiger partial charge < -0.3 is 5.73 Å². The maximum atomic E-state index is 6.24. The van der Waals surface area contributed by atoms with Crippen molar-refractivity contribution in [3.05, 3.63) is 11.6 Å². The van der Waals surface area contributed by atoms with Gasteiger partial charge in [0.25, 0.3) is 0 Å². The van der Waals surface area contributed by atoms with E-state index in [0.29, 0.717) is 5.41 Å². The zero-order valence-corrected chi connectivity index (χ0v) is 7.65. The molecular weight excluding hydrogens is 134 g/mol. The summed E-state index contributed by atoms with van der Waals surface area (Å²) in [6.45, 7) is 6.76. The molecule has 0 saturated heterocycles. The molecule has 2 rings (SSSR count). The maximum Gasteiger partial charge on any atom is 0.0431 e. The molecule has 0 amide bonds. The molecular formula is C10H17N. The second-order valence-electron chi connectivity index (χ2n) is 4.74. The predicted molar refractivity (Wildman–Crippen MR) is 47.2 cm³/mol. The van der Waals surface area contributed by atoms with Gasteiger partial charge in [0, 0.05) is 5.54 Å². The van der Waals surface area contributed by atoms with E-state index in [4.69, 9.17) is 5.73 Å². The Morgan fingerprint density at radius 3 is 2.64 bits per heavy atom. The molecule has 0 aromatic carbocycles. The lowest BCUT2D eigenvalue weighted by atomic mass is 9.97. The minimum atomic E-state index is 0.0509. The first kappa shape index (κ1) is 7.35. The monoisotopic (exact) mass is 151 g/mol. The normalized spacial score (nSPS) is 46.2. The Morgan fingerprint density at radius 1 is 1.55 bits per heavy atom. The Hall–Kier alpha value is -0.300. The second kappa shape index (κ2) is 1.71. The molecule has 2 atom stereocenters. The summed E-state index contributed by atoms with van der Waals surface area (Å²) >= 11 is 0. The summed E-state index contributed by atoms with van der Waals surface area (Å²) in [5.41, 5.74) is 8.14. The van der Waals surface area contributed by atoms with Crippen LogP contribution in [0.4, 0.5) is 0 Å². The SMILES string of the molecule is CC1=CC2(N)C(CC1)C2(C)C. The average Bonchev–Trinajstić information content (AvgIpc) is 2.26. The molecule has 0 heterocycles. The molecule has 0 aromatic rings. The van der Waals surface area contributed by atoms with Gasteiger partial charge in [0.15, 0.2) is 0 Å². The minimum absolute atomic E-state index is 0.0509. The van der Waals surface area contributed by atoms with Crippen molar-refractivity contribution in [2.24, 2.45) is 17.1 Å². The van der Waals surface area contributed by atoms with Gasteiger partial charge in [-0.2, -0.15) is 0 Å². The summed E-state index contributed by atoms with van der Waals surface area (Å²) in [5.74, 6) is 0.749. The molecule has 2 N–H and O–H groups in total. The van der Waals surface area contributed by atoms with Gasteiger partial charge in [-0.25, -0.2) is 0 Å². The molecule has 1 saturated carbocycles. The van der Waals surface area contributed by atoms with Gasteiger partial charge >= 0.3 is 0 Å². The van der Waals surface area contributed by atoms with Crippen LogP contribution >= 0.6 is 0 Å². The molecule has 62 valence electrons. The van der Waals surface area contributed by atoms with Crippen LogP contribution in [0, 0.1) is 11.3 Å². The fraction of sp³-hybridized carbons (Fsp3) is 0.800. The van der Waals surface area contributed by atoms with Crippen molar-refractivity contribution in [2.75, 3.05) is 0 Å². The lowest BCUT2D eigenvalue weighted by Crippen LogP contribution is -2.28. The average molecular weight is 151 g/mol. The molecule has 1 fully saturated rings. The van der Waals surface area contributed by atoms with Crippen LogP contribution in [0.5, 0.6) is 0 Å². The van der Waals surface area contributed by atoms with E-state index in [1.165, 1.54) is 18.4 Å². The third-order valence-electron chi connectivity index (χ3n) is 3.79. The van der Waals surface area contributed by atoms with E-state index in [0.717, 1.165) is 5.92 Å². The first-order chi connectivity index (χ1) is 4.98. The zero-order valence-electron chi connectivity index (χ0n) is 7.65. The van der Waals surface area contributed by atoms with E-state index in [1.807, 2.05) is 0 Å². The number of hydrogen-bond acceptors (Lipinski definition) is 1. The Bertz CT molecular complexity index is 227. The standard InChI is InChI=1S/C10H17N/c1-7-4-5-8-9(2,3)10(8,11)6-7/h6,8H,4-5,11H2,1-3H3. The Kier molecular flexibility index (Phi) is 1.15. The molecule has 2 unspecified atom stereocenters. The maximum absolute atomic E-state index is 6.24. The van der Waals surface area contributed by atoms with E-state index in [9.17, 15) is 0 Å². The summed E-state index contributed by atoms with van der Waals surface area (Å²) < 4.78 is 0. The van der Waals surface area contributed by atoms with Crippen LogP contribution in [0.2, 0.25) is 0 Å². The van der Waals surface area contributed by atoms with Gasteiger partial charge in [0.1, 0.15) is 0 Å². The van der Waals surface area contributed by atoms with Gasteiger partial charge in [-0.15, -0.1) is 0 Å². The van der Waals surface area contributed by atoms with Crippen LogP contribution in [0.15, 0.2) is 11.6 Å². The minimum Gasteiger partial charge on any atom is -0.321 e. The molecule has 0 spiro atoms. The first-order valence-corrected chi connectivity index (χ1v) is 4.46. The molecule has 0 bridgehead atoms. The van der Waals surface area contributed by atoms with Gasteiger partial charge in [-0.05, 0) is 31.1 Å². The van der Waals surface area contributed by atoms with Crippen LogP contribution < -0.4 is 5.73 Å². The smallest absolute Gasteiger partial charge is 0.0431 e. The Labute approximate surface area is 68.7 Å². The molecule has 0 aromatic heterocycles. The number of allylic oxidation sites excluding steroid dienone is 1. The summed E-state index contributed by atoms with van der Waals surface area (Å²) in [7, 11) is 0. The van der Waals surface area contributed by atoms with E-state index >= 15 is 0 Å². The van der Waals surface area contributed by atoms with Crippen LogP contribution in [0.25, 0.3) is 0 Å². The highest BCUT2D eigenvalue weighted by Gasteiger charge is 2.67. The van der Waals surface area contributed by atoms with Gasteiger partial charge in [-0.1, -0.05) is 25.5 Å². The first-order valence-electron chi connectivity index (χ1n) is 4.46. The highest BCUT2D eigenvalue weighted by Crippen LogP contribution is 2.65. The quantitative estimate of drug-likeness (QED) is 0.527. The van der Waals surface area contributed by atoms with Crippen LogP contribution in [0.1, 0.15) is 33.6 Å². The largest absolute Gasteiger partial charge is 0.321 e. The van der Waals surface area contributed by atoms with Crippen LogP contribution in [0.3, 0.4) is 0 Å². The van der Waals surface area contributed by atoms with Crippen molar-refractivity contribution in [3.63, 3.8) is 0 Å². The van der Waals surface area contributed by atoms with Crippen molar-refractivity contribution in [1.29, 1.82) is 0 Å². The highest BCUT2D eigenvalue weighted by molar-refractivity contribution is 5.36. The predicted octanol–water partition coefficient (Wildman–Crippen LogP) is 2.08. The number of rotatable bonds is 0. The van der Waals surface area contributed by atoms with Crippen molar-refractivity contribution >= 4 is 0 Å². The third-order valence-corrected chi connectivity index (χ3v) is 3.79. The molecule has 2 aliphatic carbocycles. The van der Waals surface area contributed by atoms with Crippen molar-refractivity contribution in [1.82, 2.24) is 0 Å². The van der Waals surface area contributed by atoms with Crippen LogP contribution in [-0.4, -0.2) is 5.54 Å². The van der Waals surface area contributed by atoms with Crippen LogP contribution in [-0.2, 0) is 0 Å². The third kappa shape index (κ3) is 0.698. The second-order valence-corrected chi connectivity index (χ2v) is 4.74. The van der Waals surface area contributed by atoms with E-state index in [-0.39, 0.29) is 5.54 Å². The zero-order chi connectivity index (χ0) is 8.28. The number of nitrogens with two attached hydrogens (primary N) is 1. The number of fused-ring (bicyclic) bond motifs is 1. The summed E-state index contributed by atoms with van der Waals surface area (Å²) in [6, 6.07) is 0. The summed E-state index contributed by atoms with van der Waals surface area (Å²) in [4.78, 5) is 0. The molecule has 1 heteroatoms. The summed E-state index contributed by atoms with van der Waals surface area (Å²) in [5, 5.41) is 0. The fourth-order valence-corrected chi connectivity index (χ4v) is 2.68. The summed E-state index contributed by atoms with van der Waals surface area (Å²) in [6.07, 6.45) is 4.85. The highest BCUT2D eigenvalue weighted by atomic mass is 14.9.